The van der Waals surface area contributed by atoms with Crippen molar-refractivity contribution in [3.63, 3.8) is 0 Å². The third-order valence-corrected chi connectivity index (χ3v) is 3.48. The Labute approximate surface area is 87.5 Å². The van der Waals surface area contributed by atoms with Crippen LogP contribution in [-0.4, -0.2) is 22.9 Å². The molecule has 0 unspecified atom stereocenters. The minimum Gasteiger partial charge on any atom is -0.396 e. The molecule has 3 atom stereocenters. The van der Waals surface area contributed by atoms with Crippen LogP contribution in [-0.2, 0) is 4.79 Å². The van der Waals surface area contributed by atoms with Crippen LogP contribution in [0, 0.1) is 5.92 Å². The van der Waals surface area contributed by atoms with E-state index in [1.165, 1.54) is 0 Å². The summed E-state index contributed by atoms with van der Waals surface area (Å²) < 4.78 is 0. The SMILES string of the molecule is O=C[C@]1(Cl)[C@H](CO)[C@H]1c1ccccc1. The molecule has 1 aliphatic carbocycles. The van der Waals surface area contributed by atoms with Crippen molar-refractivity contribution in [1.29, 1.82) is 0 Å². The lowest BCUT2D eigenvalue weighted by Gasteiger charge is -1.98. The summed E-state index contributed by atoms with van der Waals surface area (Å²) in [5, 5.41) is 9.06. The second-order valence-electron chi connectivity index (χ2n) is 3.62. The molecular formula is C11H11ClO2. The van der Waals surface area contributed by atoms with Crippen molar-refractivity contribution >= 4 is 17.9 Å². The Balaban J connectivity index is 2.27. The lowest BCUT2D eigenvalue weighted by molar-refractivity contribution is -0.108. The highest BCUT2D eigenvalue weighted by atomic mass is 35.5. The lowest BCUT2D eigenvalue weighted by Crippen LogP contribution is -2.06. The van der Waals surface area contributed by atoms with Gasteiger partial charge in [0, 0.05) is 18.4 Å². The number of alkyl halides is 1. The first-order chi connectivity index (χ1) is 6.74. The van der Waals surface area contributed by atoms with Crippen LogP contribution in [0.15, 0.2) is 30.3 Å². The monoisotopic (exact) mass is 210 g/mol. The maximum Gasteiger partial charge on any atom is 0.141 e. The average molecular weight is 211 g/mol. The molecule has 0 aliphatic heterocycles. The van der Waals surface area contributed by atoms with Crippen LogP contribution < -0.4 is 0 Å². The van der Waals surface area contributed by atoms with Crippen molar-refractivity contribution in [3.8, 4) is 0 Å². The van der Waals surface area contributed by atoms with Gasteiger partial charge in [-0.15, -0.1) is 11.6 Å². The van der Waals surface area contributed by atoms with E-state index in [0.717, 1.165) is 11.8 Å². The molecule has 74 valence electrons. The summed E-state index contributed by atoms with van der Waals surface area (Å²) >= 11 is 6.07. The summed E-state index contributed by atoms with van der Waals surface area (Å²) in [5.41, 5.74) is 1.02. The molecule has 0 spiro atoms. The number of aldehydes is 1. The molecule has 1 saturated carbocycles. The van der Waals surface area contributed by atoms with Gasteiger partial charge in [0.05, 0.1) is 0 Å². The molecule has 14 heavy (non-hydrogen) atoms. The third kappa shape index (κ3) is 1.26. The zero-order chi connectivity index (χ0) is 10.2. The van der Waals surface area contributed by atoms with Crippen LogP contribution in [0.1, 0.15) is 11.5 Å². The zero-order valence-electron chi connectivity index (χ0n) is 7.56. The molecule has 1 N–H and O–H groups in total. The van der Waals surface area contributed by atoms with Gasteiger partial charge in [-0.05, 0) is 5.56 Å². The van der Waals surface area contributed by atoms with Gasteiger partial charge in [0.1, 0.15) is 11.2 Å². The molecule has 1 aromatic carbocycles. The van der Waals surface area contributed by atoms with Gasteiger partial charge in [-0.25, -0.2) is 0 Å². The smallest absolute Gasteiger partial charge is 0.141 e. The molecule has 1 fully saturated rings. The first kappa shape index (κ1) is 9.69. The molecule has 2 nitrogen and oxygen atoms in total. The van der Waals surface area contributed by atoms with Crippen LogP contribution in [0.25, 0.3) is 0 Å². The highest BCUT2D eigenvalue weighted by molar-refractivity contribution is 6.35. The Bertz CT molecular complexity index is 338. The second-order valence-corrected chi connectivity index (χ2v) is 4.28. The standard InChI is InChI=1S/C11H11ClO2/c12-11(7-14)9(6-13)10(11)8-4-2-1-3-5-8/h1-5,7,9-10,13H,6H2/t9-,10-,11+/m1/s1. The minimum absolute atomic E-state index is 0.0344. The van der Waals surface area contributed by atoms with E-state index in [0.29, 0.717) is 0 Å². The van der Waals surface area contributed by atoms with Gasteiger partial charge >= 0.3 is 0 Å². The first-order valence-electron chi connectivity index (χ1n) is 4.55. The van der Waals surface area contributed by atoms with Gasteiger partial charge in [0.25, 0.3) is 0 Å². The number of hydrogen-bond acceptors (Lipinski definition) is 2. The van der Waals surface area contributed by atoms with Crippen molar-refractivity contribution < 1.29 is 9.90 Å². The number of aliphatic hydroxyl groups excluding tert-OH is 1. The fraction of sp³-hybridized carbons (Fsp3) is 0.364. The molecule has 1 aromatic rings. The Kier molecular flexibility index (Phi) is 2.33. The molecule has 0 radical (unpaired) electrons. The van der Waals surface area contributed by atoms with Crippen LogP contribution in [0.4, 0.5) is 0 Å². The number of aliphatic hydroxyl groups is 1. The summed E-state index contributed by atoms with van der Waals surface area (Å²) in [6.07, 6.45) is 0.743. The molecule has 0 amide bonds. The van der Waals surface area contributed by atoms with Gasteiger partial charge < -0.3 is 9.90 Å². The first-order valence-corrected chi connectivity index (χ1v) is 4.93. The molecule has 0 bridgehead atoms. The fourth-order valence-corrected chi connectivity index (χ4v) is 2.41. The normalized spacial score (nSPS) is 35.3. The number of benzene rings is 1. The van der Waals surface area contributed by atoms with Crippen molar-refractivity contribution in [1.82, 2.24) is 0 Å². The van der Waals surface area contributed by atoms with E-state index in [1.54, 1.807) is 0 Å². The quantitative estimate of drug-likeness (QED) is 0.608. The van der Waals surface area contributed by atoms with E-state index in [2.05, 4.69) is 0 Å². The molecule has 1 aliphatic rings. The molecule has 0 heterocycles. The highest BCUT2D eigenvalue weighted by Crippen LogP contribution is 2.60. The predicted molar refractivity (Wildman–Crippen MR) is 54.4 cm³/mol. The van der Waals surface area contributed by atoms with Crippen LogP contribution in [0.5, 0.6) is 0 Å². The molecule has 0 aromatic heterocycles. The topological polar surface area (TPSA) is 37.3 Å². The summed E-state index contributed by atoms with van der Waals surface area (Å²) in [6.45, 7) is -0.0399. The third-order valence-electron chi connectivity index (χ3n) is 2.87. The maximum atomic E-state index is 10.8. The van der Waals surface area contributed by atoms with Gasteiger partial charge in [0.15, 0.2) is 0 Å². The number of carbonyl (C=O) groups is 1. The largest absolute Gasteiger partial charge is 0.396 e. The second kappa shape index (κ2) is 3.37. The Hall–Kier alpha value is -0.860. The van der Waals surface area contributed by atoms with E-state index in [4.69, 9.17) is 16.7 Å². The summed E-state index contributed by atoms with van der Waals surface area (Å²) in [6, 6.07) is 9.59. The van der Waals surface area contributed by atoms with Crippen molar-refractivity contribution in [2.45, 2.75) is 10.8 Å². The van der Waals surface area contributed by atoms with E-state index in [9.17, 15) is 4.79 Å². The van der Waals surface area contributed by atoms with Crippen LogP contribution in [0.2, 0.25) is 0 Å². The van der Waals surface area contributed by atoms with Gasteiger partial charge in [0.2, 0.25) is 0 Å². The van der Waals surface area contributed by atoms with Crippen LogP contribution >= 0.6 is 11.6 Å². The van der Waals surface area contributed by atoms with Crippen molar-refractivity contribution in [2.24, 2.45) is 5.92 Å². The predicted octanol–water partition coefficient (Wildman–Crippen LogP) is 1.57. The molecule has 0 saturated heterocycles. The molecule has 3 heteroatoms. The number of halogens is 1. The molecular weight excluding hydrogens is 200 g/mol. The summed E-state index contributed by atoms with van der Waals surface area (Å²) in [7, 11) is 0. The fourth-order valence-electron chi connectivity index (χ4n) is 2.00. The lowest BCUT2D eigenvalue weighted by atomic mass is 10.1. The summed E-state index contributed by atoms with van der Waals surface area (Å²) in [4.78, 5) is 9.92. The van der Waals surface area contributed by atoms with E-state index in [-0.39, 0.29) is 18.4 Å². The van der Waals surface area contributed by atoms with Gasteiger partial charge in [-0.1, -0.05) is 30.3 Å². The Morgan fingerprint density at radius 1 is 1.43 bits per heavy atom. The van der Waals surface area contributed by atoms with Gasteiger partial charge in [-0.3, -0.25) is 0 Å². The zero-order valence-corrected chi connectivity index (χ0v) is 8.32. The van der Waals surface area contributed by atoms with E-state index < -0.39 is 4.87 Å². The summed E-state index contributed by atoms with van der Waals surface area (Å²) in [5.74, 6) is -0.170. The van der Waals surface area contributed by atoms with Crippen molar-refractivity contribution in [2.75, 3.05) is 6.61 Å². The van der Waals surface area contributed by atoms with E-state index in [1.807, 2.05) is 30.3 Å². The average Bonchev–Trinajstić information content (AvgIpc) is 2.86. The van der Waals surface area contributed by atoms with Crippen LogP contribution in [0.3, 0.4) is 0 Å². The highest BCUT2D eigenvalue weighted by Gasteiger charge is 2.64. The van der Waals surface area contributed by atoms with Gasteiger partial charge in [-0.2, -0.15) is 0 Å². The Morgan fingerprint density at radius 3 is 2.50 bits per heavy atom. The van der Waals surface area contributed by atoms with Crippen molar-refractivity contribution in [3.05, 3.63) is 35.9 Å². The minimum atomic E-state index is -0.879. The maximum absolute atomic E-state index is 10.8. The Morgan fingerprint density at radius 2 is 2.07 bits per heavy atom. The number of carbonyl (C=O) groups excluding carboxylic acids is 1. The number of hydrogen-bond donors (Lipinski definition) is 1. The molecule has 2 rings (SSSR count). The van der Waals surface area contributed by atoms with E-state index >= 15 is 0 Å². The number of rotatable bonds is 3.